The zero-order valence-corrected chi connectivity index (χ0v) is 26.9. The lowest BCUT2D eigenvalue weighted by atomic mass is 9.98. The zero-order valence-electron chi connectivity index (χ0n) is 24.3. The number of aliphatic hydroxyl groups excluding tert-OH is 1. The summed E-state index contributed by atoms with van der Waals surface area (Å²) >= 11 is 3.57. The molecular formula is C29H44BrN3O4Si. The van der Waals surface area contributed by atoms with Crippen molar-refractivity contribution >= 4 is 41.1 Å². The molecule has 0 saturated heterocycles. The minimum absolute atomic E-state index is 0.118. The Kier molecular flexibility index (Phi) is 10.1. The average molecular weight is 607 g/mol. The highest BCUT2D eigenvalue weighted by atomic mass is 79.9. The zero-order chi connectivity index (χ0) is 28.3. The number of aliphatic hydroxyl groups is 1. The summed E-state index contributed by atoms with van der Waals surface area (Å²) in [6.07, 6.45) is 2.38. The van der Waals surface area contributed by atoms with Gasteiger partial charge in [-0.15, -0.1) is 0 Å². The highest BCUT2D eigenvalue weighted by molar-refractivity contribution is 9.09. The Morgan fingerprint density at radius 3 is 2.53 bits per heavy atom. The Bertz CT molecular complexity index is 1270. The Morgan fingerprint density at radius 1 is 1.21 bits per heavy atom. The first-order valence-electron chi connectivity index (χ1n) is 13.5. The summed E-state index contributed by atoms with van der Waals surface area (Å²) in [7, 11) is -0.00870. The Labute approximate surface area is 236 Å². The van der Waals surface area contributed by atoms with Gasteiger partial charge in [0.2, 0.25) is 0 Å². The lowest BCUT2D eigenvalue weighted by molar-refractivity contribution is 0.0512. The van der Waals surface area contributed by atoms with Gasteiger partial charge in [-0.3, -0.25) is 4.68 Å². The fourth-order valence-electron chi connectivity index (χ4n) is 4.84. The molecule has 210 valence electrons. The number of benzene rings is 1. The third-order valence-electron chi connectivity index (χ3n) is 7.77. The number of alkyl halides is 1. The lowest BCUT2D eigenvalue weighted by Gasteiger charge is -2.36. The van der Waals surface area contributed by atoms with Crippen molar-refractivity contribution < 1.29 is 19.1 Å². The minimum Gasteiger partial charge on any atom is -0.461 e. The first-order chi connectivity index (χ1) is 17.9. The molecule has 0 spiro atoms. The molecule has 3 aromatic rings. The van der Waals surface area contributed by atoms with E-state index in [4.69, 9.17) is 9.16 Å². The number of fused-ring (bicyclic) bond motifs is 1. The third-order valence-corrected chi connectivity index (χ3v) is 12.9. The van der Waals surface area contributed by atoms with E-state index in [0.717, 1.165) is 57.2 Å². The molecule has 7 nitrogen and oxygen atoms in total. The summed E-state index contributed by atoms with van der Waals surface area (Å²) in [6, 6.07) is 6.20. The molecule has 0 unspecified atom stereocenters. The normalized spacial score (nSPS) is 12.5. The monoisotopic (exact) mass is 605 g/mol. The van der Waals surface area contributed by atoms with E-state index in [-0.39, 0.29) is 17.6 Å². The summed E-state index contributed by atoms with van der Waals surface area (Å²) in [5.74, 6) is -0.296. The number of hydrogen-bond donors (Lipinski definition) is 1. The summed E-state index contributed by atoms with van der Waals surface area (Å²) in [4.78, 5) is 13.4. The van der Waals surface area contributed by atoms with Crippen LogP contribution in [0.15, 0.2) is 18.2 Å². The van der Waals surface area contributed by atoms with Crippen molar-refractivity contribution in [1.29, 1.82) is 0 Å². The second kappa shape index (κ2) is 12.5. The van der Waals surface area contributed by atoms with Crippen molar-refractivity contribution in [3.8, 4) is 11.1 Å². The van der Waals surface area contributed by atoms with E-state index in [2.05, 4.69) is 71.6 Å². The van der Waals surface area contributed by atoms with Crippen molar-refractivity contribution in [3.63, 3.8) is 0 Å². The van der Waals surface area contributed by atoms with Gasteiger partial charge in [0, 0.05) is 42.0 Å². The van der Waals surface area contributed by atoms with E-state index in [1.54, 1.807) is 4.68 Å². The number of nitrogens with zero attached hydrogens (tertiary/aromatic N) is 3. The van der Waals surface area contributed by atoms with Crippen LogP contribution < -0.4 is 0 Å². The van der Waals surface area contributed by atoms with Crippen LogP contribution in [-0.2, 0) is 35.8 Å². The highest BCUT2D eigenvalue weighted by Crippen LogP contribution is 2.39. The lowest BCUT2D eigenvalue weighted by Crippen LogP contribution is -2.41. The number of carbonyl (C=O) groups is 1. The van der Waals surface area contributed by atoms with Crippen LogP contribution in [0.4, 0.5) is 0 Å². The van der Waals surface area contributed by atoms with Gasteiger partial charge in [-0.25, -0.2) is 4.79 Å². The number of aromatic nitrogens is 3. The van der Waals surface area contributed by atoms with Crippen LogP contribution in [0.5, 0.6) is 0 Å². The van der Waals surface area contributed by atoms with Crippen LogP contribution in [0.3, 0.4) is 0 Å². The van der Waals surface area contributed by atoms with Gasteiger partial charge in [0.15, 0.2) is 8.32 Å². The predicted molar refractivity (Wildman–Crippen MR) is 161 cm³/mol. The molecule has 0 amide bonds. The molecule has 0 fully saturated rings. The van der Waals surface area contributed by atoms with E-state index >= 15 is 0 Å². The molecule has 0 aliphatic heterocycles. The van der Waals surface area contributed by atoms with Crippen molar-refractivity contribution in [1.82, 2.24) is 14.3 Å². The molecule has 0 bridgehead atoms. The van der Waals surface area contributed by atoms with Crippen molar-refractivity contribution in [3.05, 3.63) is 40.8 Å². The molecule has 1 aromatic carbocycles. The summed E-state index contributed by atoms with van der Waals surface area (Å²) in [5, 5.41) is 16.8. The second-order valence-corrected chi connectivity index (χ2v) is 16.9. The molecule has 0 atom stereocenters. The number of rotatable bonds is 12. The van der Waals surface area contributed by atoms with Gasteiger partial charge in [-0.1, -0.05) is 54.9 Å². The van der Waals surface area contributed by atoms with Crippen molar-refractivity contribution in [2.45, 2.75) is 85.2 Å². The predicted octanol–water partition coefficient (Wildman–Crippen LogP) is 6.76. The van der Waals surface area contributed by atoms with Gasteiger partial charge >= 0.3 is 5.97 Å². The second-order valence-electron chi connectivity index (χ2n) is 11.3. The maximum atomic E-state index is 13.4. The van der Waals surface area contributed by atoms with Crippen LogP contribution in [0.1, 0.15) is 68.0 Å². The standard InChI is InChI=1S/C29H44BrN3O4Si/c1-9-36-28(35)27-22(15-11-18-37-38(7,8)29(3,4)5)21-13-10-14-23(26(21)33(27)17-12-16-30)25-20(2)31-32(6)24(25)19-34/h10,13-14,34H,9,11-12,15-19H2,1-8H3. The van der Waals surface area contributed by atoms with Crippen LogP contribution in [0.25, 0.3) is 22.0 Å². The van der Waals surface area contributed by atoms with Gasteiger partial charge < -0.3 is 18.8 Å². The van der Waals surface area contributed by atoms with Gasteiger partial charge in [-0.2, -0.15) is 5.10 Å². The van der Waals surface area contributed by atoms with E-state index in [1.807, 2.05) is 27.0 Å². The molecule has 0 radical (unpaired) electrons. The molecule has 0 aliphatic rings. The smallest absolute Gasteiger partial charge is 0.355 e. The van der Waals surface area contributed by atoms with Crippen molar-refractivity contribution in [2.24, 2.45) is 7.05 Å². The van der Waals surface area contributed by atoms with Gasteiger partial charge in [0.05, 0.1) is 30.1 Å². The van der Waals surface area contributed by atoms with E-state index in [9.17, 15) is 9.90 Å². The quantitative estimate of drug-likeness (QED) is 0.107. The first-order valence-corrected chi connectivity index (χ1v) is 17.6. The number of aryl methyl sites for hydroxylation is 4. The van der Waals surface area contributed by atoms with Gasteiger partial charge in [-0.05, 0) is 56.8 Å². The largest absolute Gasteiger partial charge is 0.461 e. The molecule has 1 N–H and O–H groups in total. The van der Waals surface area contributed by atoms with Crippen LogP contribution in [-0.4, -0.2) is 52.3 Å². The molecule has 0 saturated carbocycles. The summed E-state index contributed by atoms with van der Waals surface area (Å²) < 4.78 is 15.9. The number of esters is 1. The number of halogens is 1. The van der Waals surface area contributed by atoms with Crippen LogP contribution in [0.2, 0.25) is 18.1 Å². The number of ether oxygens (including phenoxy) is 1. The Hall–Kier alpha value is -1.94. The van der Waals surface area contributed by atoms with Crippen LogP contribution >= 0.6 is 15.9 Å². The molecular weight excluding hydrogens is 562 g/mol. The average Bonchev–Trinajstić information content (AvgIpc) is 3.32. The molecule has 0 aliphatic carbocycles. The fraction of sp³-hybridized carbons (Fsp3) is 0.586. The molecule has 2 heterocycles. The fourth-order valence-corrected chi connectivity index (χ4v) is 6.18. The SMILES string of the molecule is CCOC(=O)c1c(CCCO[Si](C)(C)C(C)(C)C)c2cccc(-c3c(C)nn(C)c3CO)c2n1CCCBr. The number of carbonyl (C=O) groups excluding carboxylic acids is 1. The Morgan fingerprint density at radius 2 is 1.92 bits per heavy atom. The molecule has 38 heavy (non-hydrogen) atoms. The Balaban J connectivity index is 2.18. The highest BCUT2D eigenvalue weighted by Gasteiger charge is 2.37. The first kappa shape index (κ1) is 30.6. The topological polar surface area (TPSA) is 78.5 Å². The van der Waals surface area contributed by atoms with E-state index in [0.29, 0.717) is 31.9 Å². The molecule has 2 aromatic heterocycles. The van der Waals surface area contributed by atoms with Gasteiger partial charge in [0.25, 0.3) is 0 Å². The maximum absolute atomic E-state index is 13.4. The summed E-state index contributed by atoms with van der Waals surface area (Å²) in [5.41, 5.74) is 6.10. The van der Waals surface area contributed by atoms with Gasteiger partial charge in [0.1, 0.15) is 5.69 Å². The van der Waals surface area contributed by atoms with Crippen LogP contribution in [0, 0.1) is 6.92 Å². The van der Waals surface area contributed by atoms with E-state index in [1.165, 1.54) is 0 Å². The minimum atomic E-state index is -1.86. The number of hydrogen-bond acceptors (Lipinski definition) is 5. The summed E-state index contributed by atoms with van der Waals surface area (Å²) in [6.45, 7) is 16.6. The maximum Gasteiger partial charge on any atom is 0.355 e. The molecule has 9 heteroatoms. The molecule has 3 rings (SSSR count). The third kappa shape index (κ3) is 6.11. The van der Waals surface area contributed by atoms with E-state index < -0.39 is 8.32 Å². The number of para-hydroxylation sites is 1. The van der Waals surface area contributed by atoms with Crippen molar-refractivity contribution in [2.75, 3.05) is 18.5 Å².